The van der Waals surface area contributed by atoms with Gasteiger partial charge in [-0.1, -0.05) is 16.8 Å². The Morgan fingerprint density at radius 3 is 2.69 bits per heavy atom. The fourth-order valence-electron chi connectivity index (χ4n) is 2.33. The fraction of sp³-hybridized carbons (Fsp3) is 0.278. The van der Waals surface area contributed by atoms with Gasteiger partial charge in [-0.15, -0.1) is 11.3 Å². The van der Waals surface area contributed by atoms with Crippen LogP contribution in [0.25, 0.3) is 11.4 Å². The monoisotopic (exact) mass is 389 g/mol. The molecule has 0 aliphatic rings. The lowest BCUT2D eigenvalue weighted by atomic mass is 10.2. The van der Waals surface area contributed by atoms with Crippen molar-refractivity contribution in [3.8, 4) is 11.4 Å². The lowest BCUT2D eigenvalue weighted by molar-refractivity contribution is 0.378. The molecule has 0 aliphatic carbocycles. The summed E-state index contributed by atoms with van der Waals surface area (Å²) in [6, 6.07) is 11.6. The molecule has 0 radical (unpaired) electrons. The molecule has 0 amide bonds. The topological polar surface area (TPSA) is 75.3 Å². The van der Waals surface area contributed by atoms with Crippen LogP contribution in [0.2, 0.25) is 5.02 Å². The van der Waals surface area contributed by atoms with E-state index in [1.54, 1.807) is 30.5 Å². The second-order valence-electron chi connectivity index (χ2n) is 5.63. The highest BCUT2D eigenvalue weighted by molar-refractivity contribution is 7.11. The van der Waals surface area contributed by atoms with E-state index in [0.29, 0.717) is 29.7 Å². The number of aromatic nitrogens is 2. The van der Waals surface area contributed by atoms with Crippen LogP contribution in [0.3, 0.4) is 0 Å². The van der Waals surface area contributed by atoms with Crippen LogP contribution in [0.4, 0.5) is 0 Å². The molecule has 0 spiro atoms. The first-order valence-electron chi connectivity index (χ1n) is 8.22. The predicted molar refractivity (Wildman–Crippen MR) is 106 cm³/mol. The van der Waals surface area contributed by atoms with E-state index in [-0.39, 0.29) is 0 Å². The van der Waals surface area contributed by atoms with Gasteiger partial charge in [0.05, 0.1) is 6.54 Å². The van der Waals surface area contributed by atoms with Crippen LogP contribution in [0.15, 0.2) is 45.9 Å². The van der Waals surface area contributed by atoms with Gasteiger partial charge in [-0.2, -0.15) is 4.98 Å². The zero-order valence-electron chi connectivity index (χ0n) is 14.6. The number of halogens is 1. The number of aryl methyl sites for hydroxylation is 1. The highest BCUT2D eigenvalue weighted by Gasteiger charge is 2.09. The van der Waals surface area contributed by atoms with Crippen LogP contribution in [0, 0.1) is 6.92 Å². The van der Waals surface area contributed by atoms with Crippen molar-refractivity contribution in [2.24, 2.45) is 4.99 Å². The van der Waals surface area contributed by atoms with Crippen molar-refractivity contribution in [3.63, 3.8) is 0 Å². The van der Waals surface area contributed by atoms with E-state index in [2.05, 4.69) is 44.8 Å². The summed E-state index contributed by atoms with van der Waals surface area (Å²) in [5.74, 6) is 1.88. The number of thiophene rings is 1. The second kappa shape index (κ2) is 8.82. The van der Waals surface area contributed by atoms with Gasteiger partial charge < -0.3 is 15.2 Å². The Hall–Kier alpha value is -2.38. The van der Waals surface area contributed by atoms with Crippen molar-refractivity contribution < 1.29 is 4.52 Å². The van der Waals surface area contributed by atoms with Crippen molar-refractivity contribution in [1.29, 1.82) is 0 Å². The molecule has 2 heterocycles. The Bertz CT molecular complexity index is 872. The van der Waals surface area contributed by atoms with Crippen LogP contribution in [0.5, 0.6) is 0 Å². The molecular formula is C18H20ClN5OS. The third-order valence-corrected chi connectivity index (χ3v) is 4.90. The SMILES string of the molecule is CN=C(NCCc1nc(-c2ccc(Cl)cc2)no1)NCc1ccc(C)s1. The van der Waals surface area contributed by atoms with E-state index in [1.807, 2.05) is 12.1 Å². The van der Waals surface area contributed by atoms with Gasteiger partial charge in [-0.25, -0.2) is 0 Å². The van der Waals surface area contributed by atoms with E-state index in [0.717, 1.165) is 18.1 Å². The zero-order valence-corrected chi connectivity index (χ0v) is 16.2. The number of rotatable bonds is 6. The molecule has 0 saturated carbocycles. The van der Waals surface area contributed by atoms with Crippen LogP contribution in [-0.2, 0) is 13.0 Å². The van der Waals surface area contributed by atoms with Crippen LogP contribution in [-0.4, -0.2) is 29.7 Å². The highest BCUT2D eigenvalue weighted by Crippen LogP contribution is 2.18. The maximum atomic E-state index is 5.89. The van der Waals surface area contributed by atoms with Gasteiger partial charge in [-0.05, 0) is 43.3 Å². The number of benzene rings is 1. The zero-order chi connectivity index (χ0) is 18.4. The molecular weight excluding hydrogens is 370 g/mol. The van der Waals surface area contributed by atoms with Gasteiger partial charge >= 0.3 is 0 Å². The molecule has 0 fully saturated rings. The first-order chi connectivity index (χ1) is 12.6. The maximum Gasteiger partial charge on any atom is 0.228 e. The fourth-order valence-corrected chi connectivity index (χ4v) is 3.29. The molecule has 6 nitrogen and oxygen atoms in total. The third-order valence-electron chi connectivity index (χ3n) is 3.65. The van der Waals surface area contributed by atoms with Crippen molar-refractivity contribution in [2.75, 3.05) is 13.6 Å². The van der Waals surface area contributed by atoms with Gasteiger partial charge in [0.2, 0.25) is 11.7 Å². The minimum absolute atomic E-state index is 0.562. The van der Waals surface area contributed by atoms with E-state index >= 15 is 0 Å². The summed E-state index contributed by atoms with van der Waals surface area (Å²) in [4.78, 5) is 11.2. The molecule has 26 heavy (non-hydrogen) atoms. The maximum absolute atomic E-state index is 5.89. The lowest BCUT2D eigenvalue weighted by Gasteiger charge is -2.10. The molecule has 0 saturated heterocycles. The Balaban J connectivity index is 1.47. The molecule has 1 aromatic carbocycles. The Kier molecular flexibility index (Phi) is 6.25. The number of hydrogen-bond acceptors (Lipinski definition) is 5. The molecule has 0 unspecified atom stereocenters. The van der Waals surface area contributed by atoms with Crippen molar-refractivity contribution in [2.45, 2.75) is 19.9 Å². The van der Waals surface area contributed by atoms with Gasteiger partial charge in [0, 0.05) is 40.4 Å². The summed E-state index contributed by atoms with van der Waals surface area (Å²) in [5.41, 5.74) is 0.876. The van der Waals surface area contributed by atoms with Crippen molar-refractivity contribution in [3.05, 3.63) is 57.1 Å². The quantitative estimate of drug-likeness (QED) is 0.497. The summed E-state index contributed by atoms with van der Waals surface area (Å²) in [6.45, 7) is 3.49. The number of guanidine groups is 1. The van der Waals surface area contributed by atoms with Crippen molar-refractivity contribution >= 4 is 28.9 Å². The number of aliphatic imine (C=N–C) groups is 1. The van der Waals surface area contributed by atoms with Gasteiger partial charge in [-0.3, -0.25) is 4.99 Å². The van der Waals surface area contributed by atoms with Crippen LogP contribution in [0.1, 0.15) is 15.6 Å². The van der Waals surface area contributed by atoms with Crippen LogP contribution < -0.4 is 10.6 Å². The molecule has 136 valence electrons. The number of hydrogen-bond donors (Lipinski definition) is 2. The normalized spacial score (nSPS) is 11.6. The van der Waals surface area contributed by atoms with E-state index in [9.17, 15) is 0 Å². The standard InChI is InChI=1S/C18H20ClN5OS/c1-12-3-8-15(26-12)11-22-18(20-2)21-10-9-16-23-17(24-25-16)13-4-6-14(19)7-5-13/h3-8H,9-11H2,1-2H3,(H2,20,21,22). The van der Waals surface area contributed by atoms with Crippen LogP contribution >= 0.6 is 22.9 Å². The van der Waals surface area contributed by atoms with Gasteiger partial charge in [0.1, 0.15) is 0 Å². The molecule has 0 aliphatic heterocycles. The molecule has 3 rings (SSSR count). The summed E-state index contributed by atoms with van der Waals surface area (Å²) in [6.07, 6.45) is 0.611. The molecule has 0 bridgehead atoms. The molecule has 0 atom stereocenters. The van der Waals surface area contributed by atoms with Gasteiger partial charge in [0.25, 0.3) is 0 Å². The summed E-state index contributed by atoms with van der Waals surface area (Å²) < 4.78 is 5.30. The minimum atomic E-state index is 0.562. The predicted octanol–water partition coefficient (Wildman–Crippen LogP) is 3.67. The Morgan fingerprint density at radius 2 is 2.00 bits per heavy atom. The number of nitrogens with zero attached hydrogens (tertiary/aromatic N) is 3. The molecule has 8 heteroatoms. The first kappa shape index (κ1) is 18.4. The first-order valence-corrected chi connectivity index (χ1v) is 9.42. The average Bonchev–Trinajstić information content (AvgIpc) is 3.28. The molecule has 2 aromatic heterocycles. The average molecular weight is 390 g/mol. The number of nitrogens with one attached hydrogen (secondary N) is 2. The lowest BCUT2D eigenvalue weighted by Crippen LogP contribution is -2.37. The third kappa shape index (κ3) is 5.06. The summed E-state index contributed by atoms with van der Waals surface area (Å²) in [7, 11) is 1.75. The van der Waals surface area contributed by atoms with E-state index < -0.39 is 0 Å². The molecule has 3 aromatic rings. The van der Waals surface area contributed by atoms with Crippen molar-refractivity contribution in [1.82, 2.24) is 20.8 Å². The largest absolute Gasteiger partial charge is 0.356 e. The molecule has 2 N–H and O–H groups in total. The van der Waals surface area contributed by atoms with Gasteiger partial charge in [0.15, 0.2) is 5.96 Å². The van der Waals surface area contributed by atoms with E-state index in [1.165, 1.54) is 9.75 Å². The van der Waals surface area contributed by atoms with E-state index in [4.69, 9.17) is 16.1 Å². The minimum Gasteiger partial charge on any atom is -0.356 e. The Labute approximate surface area is 161 Å². The Morgan fingerprint density at radius 1 is 1.19 bits per heavy atom. The second-order valence-corrected chi connectivity index (χ2v) is 7.44. The summed E-state index contributed by atoms with van der Waals surface area (Å²) in [5, 5.41) is 11.2. The summed E-state index contributed by atoms with van der Waals surface area (Å²) >= 11 is 7.67. The smallest absolute Gasteiger partial charge is 0.228 e. The highest BCUT2D eigenvalue weighted by atomic mass is 35.5.